The lowest BCUT2D eigenvalue weighted by molar-refractivity contribution is 0.462. The average Bonchev–Trinajstić information content (AvgIpc) is 2.81. The maximum atomic E-state index is 5.76. The number of benzene rings is 1. The fourth-order valence-corrected chi connectivity index (χ4v) is 1.68. The third-order valence-electron chi connectivity index (χ3n) is 2.70. The number of hydrogen-bond acceptors (Lipinski definition) is 4. The summed E-state index contributed by atoms with van der Waals surface area (Å²) in [6, 6.07) is 9.12. The van der Waals surface area contributed by atoms with Crippen molar-refractivity contribution in [2.75, 3.05) is 5.73 Å². The molecule has 0 spiro atoms. The Kier molecular flexibility index (Phi) is 2.37. The highest BCUT2D eigenvalue weighted by Crippen LogP contribution is 2.23. The van der Waals surface area contributed by atoms with Crippen LogP contribution in [0.4, 0.5) is 5.69 Å². The van der Waals surface area contributed by atoms with Crippen LogP contribution in [-0.2, 0) is 0 Å². The van der Waals surface area contributed by atoms with Crippen molar-refractivity contribution >= 4 is 11.3 Å². The third-order valence-corrected chi connectivity index (χ3v) is 2.70. The molecule has 0 aliphatic carbocycles. The minimum absolute atomic E-state index is 0.534. The van der Waals surface area contributed by atoms with Crippen molar-refractivity contribution < 1.29 is 4.74 Å². The number of ether oxygens (including phenoxy) is 1. The molecule has 2 N–H and O–H groups in total. The van der Waals surface area contributed by atoms with Crippen molar-refractivity contribution in [1.82, 2.24) is 14.6 Å². The summed E-state index contributed by atoms with van der Waals surface area (Å²) in [5.74, 6) is 1.25. The summed E-state index contributed by atoms with van der Waals surface area (Å²) in [5.41, 5.74) is 8.25. The van der Waals surface area contributed by atoms with E-state index in [1.54, 1.807) is 16.8 Å². The van der Waals surface area contributed by atoms with Gasteiger partial charge in [0.25, 0.3) is 0 Å². The quantitative estimate of drug-likeness (QED) is 0.698. The monoisotopic (exact) mass is 240 g/mol. The van der Waals surface area contributed by atoms with Gasteiger partial charge in [-0.2, -0.15) is 10.1 Å². The van der Waals surface area contributed by atoms with Gasteiger partial charge in [-0.15, -0.1) is 0 Å². The van der Waals surface area contributed by atoms with E-state index in [2.05, 4.69) is 10.1 Å². The second kappa shape index (κ2) is 4.03. The molecule has 0 amide bonds. The average molecular weight is 240 g/mol. The SMILES string of the molecule is Cc1cc(Oc2ccn3nccc3n2)ccc1N. The molecule has 2 aromatic heterocycles. The van der Waals surface area contributed by atoms with Gasteiger partial charge in [0.05, 0.1) is 6.20 Å². The van der Waals surface area contributed by atoms with E-state index in [4.69, 9.17) is 10.5 Å². The number of fused-ring (bicyclic) bond motifs is 1. The molecule has 18 heavy (non-hydrogen) atoms. The van der Waals surface area contributed by atoms with Crippen LogP contribution in [0.1, 0.15) is 5.56 Å². The van der Waals surface area contributed by atoms with Gasteiger partial charge in [-0.3, -0.25) is 0 Å². The van der Waals surface area contributed by atoms with Gasteiger partial charge in [0.15, 0.2) is 5.65 Å². The highest BCUT2D eigenvalue weighted by atomic mass is 16.5. The third kappa shape index (κ3) is 1.86. The van der Waals surface area contributed by atoms with Crippen LogP contribution in [-0.4, -0.2) is 14.6 Å². The summed E-state index contributed by atoms with van der Waals surface area (Å²) in [6.07, 6.45) is 3.50. The fourth-order valence-electron chi connectivity index (χ4n) is 1.68. The Hall–Kier alpha value is -2.56. The minimum atomic E-state index is 0.534. The summed E-state index contributed by atoms with van der Waals surface area (Å²) in [4.78, 5) is 4.33. The summed E-state index contributed by atoms with van der Waals surface area (Å²) < 4.78 is 7.37. The topological polar surface area (TPSA) is 65.4 Å². The molecule has 3 aromatic rings. The Labute approximate surface area is 104 Å². The Morgan fingerprint density at radius 1 is 1.22 bits per heavy atom. The predicted molar refractivity (Wildman–Crippen MR) is 68.7 cm³/mol. The number of rotatable bonds is 2. The van der Waals surface area contributed by atoms with E-state index in [9.17, 15) is 0 Å². The maximum Gasteiger partial charge on any atom is 0.222 e. The molecule has 90 valence electrons. The molecule has 5 heteroatoms. The molecular weight excluding hydrogens is 228 g/mol. The molecule has 5 nitrogen and oxygen atoms in total. The van der Waals surface area contributed by atoms with Gasteiger partial charge in [0, 0.05) is 24.0 Å². The Bertz CT molecular complexity index is 705. The molecule has 0 unspecified atom stereocenters. The zero-order chi connectivity index (χ0) is 12.5. The summed E-state index contributed by atoms with van der Waals surface area (Å²) >= 11 is 0. The molecule has 2 heterocycles. The van der Waals surface area contributed by atoms with Gasteiger partial charge in [-0.25, -0.2) is 4.52 Å². The number of nitrogen functional groups attached to an aromatic ring is 1. The van der Waals surface area contributed by atoms with Gasteiger partial charge in [-0.05, 0) is 30.7 Å². The van der Waals surface area contributed by atoms with Crippen molar-refractivity contribution in [2.24, 2.45) is 0 Å². The van der Waals surface area contributed by atoms with Gasteiger partial charge in [-0.1, -0.05) is 0 Å². The van der Waals surface area contributed by atoms with E-state index < -0.39 is 0 Å². The highest BCUT2D eigenvalue weighted by molar-refractivity contribution is 5.50. The molecule has 3 rings (SSSR count). The number of aromatic nitrogens is 3. The first kappa shape index (κ1) is 10.6. The Morgan fingerprint density at radius 3 is 2.94 bits per heavy atom. The van der Waals surface area contributed by atoms with Crippen LogP contribution in [0, 0.1) is 6.92 Å². The van der Waals surface area contributed by atoms with E-state index in [0.29, 0.717) is 5.88 Å². The van der Waals surface area contributed by atoms with Crippen LogP contribution in [0.15, 0.2) is 42.7 Å². The highest BCUT2D eigenvalue weighted by Gasteiger charge is 2.02. The molecule has 1 aromatic carbocycles. The Balaban J connectivity index is 1.92. The summed E-state index contributed by atoms with van der Waals surface area (Å²) in [5, 5.41) is 4.07. The second-order valence-corrected chi connectivity index (χ2v) is 4.02. The zero-order valence-electron chi connectivity index (χ0n) is 9.87. The van der Waals surface area contributed by atoms with Gasteiger partial charge in [0.1, 0.15) is 5.75 Å². The summed E-state index contributed by atoms with van der Waals surface area (Å²) in [7, 11) is 0. The van der Waals surface area contributed by atoms with E-state index in [-0.39, 0.29) is 0 Å². The first-order valence-electron chi connectivity index (χ1n) is 5.57. The largest absolute Gasteiger partial charge is 0.439 e. The lowest BCUT2D eigenvalue weighted by Crippen LogP contribution is -1.94. The van der Waals surface area contributed by atoms with Crippen LogP contribution in [0.25, 0.3) is 5.65 Å². The number of anilines is 1. The lowest BCUT2D eigenvalue weighted by atomic mass is 10.2. The molecule has 0 aliphatic rings. The standard InChI is InChI=1S/C13H12N4O/c1-9-8-10(2-3-11(9)14)18-13-5-7-17-12(16-13)4-6-15-17/h2-8H,14H2,1H3. The first-order chi connectivity index (χ1) is 8.72. The predicted octanol–water partition coefficient (Wildman–Crippen LogP) is 2.41. The zero-order valence-corrected chi connectivity index (χ0v) is 9.87. The molecule has 0 fully saturated rings. The van der Waals surface area contributed by atoms with Crippen molar-refractivity contribution in [2.45, 2.75) is 6.92 Å². The number of nitrogens with two attached hydrogens (primary N) is 1. The van der Waals surface area contributed by atoms with Crippen LogP contribution < -0.4 is 10.5 Å². The van der Waals surface area contributed by atoms with E-state index in [1.807, 2.05) is 37.4 Å². The van der Waals surface area contributed by atoms with E-state index in [0.717, 1.165) is 22.6 Å². The molecule has 0 atom stereocenters. The summed E-state index contributed by atoms with van der Waals surface area (Å²) in [6.45, 7) is 1.94. The van der Waals surface area contributed by atoms with Crippen LogP contribution in [0.2, 0.25) is 0 Å². The molecular formula is C13H12N4O. The van der Waals surface area contributed by atoms with Gasteiger partial charge >= 0.3 is 0 Å². The smallest absolute Gasteiger partial charge is 0.222 e. The van der Waals surface area contributed by atoms with E-state index in [1.165, 1.54) is 0 Å². The molecule has 0 saturated heterocycles. The number of nitrogens with zero attached hydrogens (tertiary/aromatic N) is 3. The number of aryl methyl sites for hydroxylation is 1. The van der Waals surface area contributed by atoms with E-state index >= 15 is 0 Å². The van der Waals surface area contributed by atoms with Crippen molar-refractivity contribution in [3.63, 3.8) is 0 Å². The van der Waals surface area contributed by atoms with Crippen LogP contribution in [0.5, 0.6) is 11.6 Å². The second-order valence-electron chi connectivity index (χ2n) is 4.02. The molecule has 0 bridgehead atoms. The van der Waals surface area contributed by atoms with Crippen molar-refractivity contribution in [1.29, 1.82) is 0 Å². The number of hydrogen-bond donors (Lipinski definition) is 1. The first-order valence-corrected chi connectivity index (χ1v) is 5.57. The molecule has 0 aliphatic heterocycles. The Morgan fingerprint density at radius 2 is 2.11 bits per heavy atom. The van der Waals surface area contributed by atoms with Crippen LogP contribution in [0.3, 0.4) is 0 Å². The lowest BCUT2D eigenvalue weighted by Gasteiger charge is -2.07. The maximum absolute atomic E-state index is 5.76. The van der Waals surface area contributed by atoms with Crippen LogP contribution >= 0.6 is 0 Å². The van der Waals surface area contributed by atoms with Crippen molar-refractivity contribution in [3.05, 3.63) is 48.3 Å². The van der Waals surface area contributed by atoms with Crippen molar-refractivity contribution in [3.8, 4) is 11.6 Å². The molecule has 0 saturated carbocycles. The molecule has 0 radical (unpaired) electrons. The minimum Gasteiger partial charge on any atom is -0.439 e. The van der Waals surface area contributed by atoms with Gasteiger partial charge in [0.2, 0.25) is 5.88 Å². The van der Waals surface area contributed by atoms with Gasteiger partial charge < -0.3 is 10.5 Å². The normalized spacial score (nSPS) is 10.7. The fraction of sp³-hybridized carbons (Fsp3) is 0.0769.